The minimum Gasteiger partial charge on any atom is -0.497 e. The highest BCUT2D eigenvalue weighted by Crippen LogP contribution is 2.51. The van der Waals surface area contributed by atoms with Crippen LogP contribution in [0.4, 0.5) is 5.82 Å². The molecular formula is C17H19N3O5. The zero-order chi connectivity index (χ0) is 18.0. The summed E-state index contributed by atoms with van der Waals surface area (Å²) in [6, 6.07) is 7.10. The number of anilines is 1. The van der Waals surface area contributed by atoms with Gasteiger partial charge < -0.3 is 19.9 Å². The molecule has 132 valence electrons. The number of rotatable bonds is 7. The Kier molecular flexibility index (Phi) is 4.60. The highest BCUT2D eigenvalue weighted by molar-refractivity contribution is 5.94. The van der Waals surface area contributed by atoms with E-state index in [1.165, 1.54) is 10.9 Å². The lowest BCUT2D eigenvalue weighted by molar-refractivity contribution is -0.137. The molecule has 1 fully saturated rings. The number of methoxy groups -OCH3 is 2. The van der Waals surface area contributed by atoms with Gasteiger partial charge in [0.1, 0.15) is 18.0 Å². The van der Waals surface area contributed by atoms with Gasteiger partial charge in [0.25, 0.3) is 0 Å². The minimum absolute atomic E-state index is 0.0613. The second kappa shape index (κ2) is 6.84. The third-order valence-electron chi connectivity index (χ3n) is 4.15. The molecule has 8 nitrogen and oxygen atoms in total. The van der Waals surface area contributed by atoms with E-state index in [9.17, 15) is 9.59 Å². The van der Waals surface area contributed by atoms with Crippen LogP contribution in [0, 0.1) is 5.92 Å². The van der Waals surface area contributed by atoms with Crippen LogP contribution in [-0.4, -0.2) is 41.0 Å². The average molecular weight is 345 g/mol. The Balaban J connectivity index is 1.66. The van der Waals surface area contributed by atoms with Gasteiger partial charge in [-0.3, -0.25) is 14.3 Å². The number of carboxylic acids is 1. The molecule has 2 atom stereocenters. The van der Waals surface area contributed by atoms with E-state index in [2.05, 4.69) is 10.4 Å². The lowest BCUT2D eigenvalue weighted by atomic mass is 10.1. The van der Waals surface area contributed by atoms with Crippen molar-refractivity contribution >= 4 is 17.7 Å². The molecule has 0 bridgehead atoms. The van der Waals surface area contributed by atoms with Gasteiger partial charge in [-0.05, 0) is 24.6 Å². The average Bonchev–Trinajstić information content (AvgIpc) is 3.29. The van der Waals surface area contributed by atoms with Crippen LogP contribution in [0.15, 0.2) is 30.5 Å². The van der Waals surface area contributed by atoms with Gasteiger partial charge in [-0.25, -0.2) is 0 Å². The third kappa shape index (κ3) is 3.73. The van der Waals surface area contributed by atoms with Gasteiger partial charge in [-0.1, -0.05) is 0 Å². The minimum atomic E-state index is -0.992. The van der Waals surface area contributed by atoms with E-state index in [0.717, 1.165) is 11.3 Å². The number of nitrogens with zero attached hydrogens (tertiary/aromatic N) is 2. The molecule has 1 aliphatic rings. The first-order valence-electron chi connectivity index (χ1n) is 7.80. The molecule has 0 saturated heterocycles. The zero-order valence-electron chi connectivity index (χ0n) is 13.9. The number of benzene rings is 1. The third-order valence-corrected chi connectivity index (χ3v) is 4.15. The number of aliphatic carboxylic acids is 1. The van der Waals surface area contributed by atoms with E-state index in [-0.39, 0.29) is 24.3 Å². The van der Waals surface area contributed by atoms with Crippen molar-refractivity contribution in [3.63, 3.8) is 0 Å². The molecule has 2 N–H and O–H groups in total. The maximum absolute atomic E-state index is 12.4. The number of ether oxygens (including phenoxy) is 2. The van der Waals surface area contributed by atoms with Gasteiger partial charge in [0, 0.05) is 29.7 Å². The number of hydrogen-bond donors (Lipinski definition) is 2. The number of hydrogen-bond acceptors (Lipinski definition) is 5. The van der Waals surface area contributed by atoms with Crippen molar-refractivity contribution in [1.29, 1.82) is 0 Å². The molecule has 2 unspecified atom stereocenters. The highest BCUT2D eigenvalue weighted by atomic mass is 16.5. The quantitative estimate of drug-likeness (QED) is 0.792. The van der Waals surface area contributed by atoms with Crippen LogP contribution in [0.2, 0.25) is 0 Å². The van der Waals surface area contributed by atoms with Crippen LogP contribution >= 0.6 is 0 Å². The molecule has 0 spiro atoms. The van der Waals surface area contributed by atoms with E-state index in [0.29, 0.717) is 18.0 Å². The summed E-state index contributed by atoms with van der Waals surface area (Å²) in [6.07, 6.45) is 2.23. The fraction of sp³-hybridized carbons (Fsp3) is 0.353. The maximum Gasteiger partial charge on any atom is 0.325 e. The van der Waals surface area contributed by atoms with Gasteiger partial charge in [-0.2, -0.15) is 5.10 Å². The number of carbonyl (C=O) groups excluding carboxylic acids is 1. The number of amides is 1. The van der Waals surface area contributed by atoms with Crippen molar-refractivity contribution in [1.82, 2.24) is 9.78 Å². The predicted molar refractivity (Wildman–Crippen MR) is 88.9 cm³/mol. The molecule has 2 aromatic rings. The van der Waals surface area contributed by atoms with E-state index in [4.69, 9.17) is 14.6 Å². The molecule has 1 heterocycles. The summed E-state index contributed by atoms with van der Waals surface area (Å²) in [5.74, 6) is 0.538. The van der Waals surface area contributed by atoms with E-state index >= 15 is 0 Å². The van der Waals surface area contributed by atoms with Crippen LogP contribution in [-0.2, 0) is 16.1 Å². The van der Waals surface area contributed by atoms with Gasteiger partial charge in [0.15, 0.2) is 5.82 Å². The molecule has 1 aromatic heterocycles. The summed E-state index contributed by atoms with van der Waals surface area (Å²) < 4.78 is 11.9. The number of aromatic nitrogens is 2. The van der Waals surface area contributed by atoms with Crippen LogP contribution in [0.3, 0.4) is 0 Å². The Labute approximate surface area is 144 Å². The fourth-order valence-corrected chi connectivity index (χ4v) is 2.83. The molecule has 8 heteroatoms. The lowest BCUT2D eigenvalue weighted by Gasteiger charge is -2.10. The van der Waals surface area contributed by atoms with Gasteiger partial charge in [0.2, 0.25) is 5.91 Å². The monoisotopic (exact) mass is 345 g/mol. The molecule has 0 aliphatic heterocycles. The predicted octanol–water partition coefficient (Wildman–Crippen LogP) is 1.73. The van der Waals surface area contributed by atoms with Crippen molar-refractivity contribution in [2.45, 2.75) is 18.9 Å². The summed E-state index contributed by atoms with van der Waals surface area (Å²) in [6.45, 7) is -0.247. The molecule has 1 aliphatic carbocycles. The molecular weight excluding hydrogens is 326 g/mol. The van der Waals surface area contributed by atoms with Crippen LogP contribution in [0.1, 0.15) is 17.9 Å². The van der Waals surface area contributed by atoms with Crippen molar-refractivity contribution in [2.24, 2.45) is 5.92 Å². The van der Waals surface area contributed by atoms with E-state index in [1.807, 2.05) is 18.2 Å². The Hall–Kier alpha value is -3.03. The molecule has 1 aromatic carbocycles. The van der Waals surface area contributed by atoms with Crippen LogP contribution in [0.5, 0.6) is 11.5 Å². The van der Waals surface area contributed by atoms with Gasteiger partial charge in [-0.15, -0.1) is 0 Å². The molecule has 1 amide bonds. The smallest absolute Gasteiger partial charge is 0.325 e. The maximum atomic E-state index is 12.4. The van der Waals surface area contributed by atoms with Gasteiger partial charge in [0.05, 0.1) is 14.2 Å². The molecule has 3 rings (SSSR count). The van der Waals surface area contributed by atoms with Crippen molar-refractivity contribution in [3.8, 4) is 11.5 Å². The summed E-state index contributed by atoms with van der Waals surface area (Å²) in [5.41, 5.74) is 0.943. The van der Waals surface area contributed by atoms with Crippen molar-refractivity contribution in [2.75, 3.05) is 19.5 Å². The summed E-state index contributed by atoms with van der Waals surface area (Å²) in [7, 11) is 3.19. The molecule has 25 heavy (non-hydrogen) atoms. The summed E-state index contributed by atoms with van der Waals surface area (Å²) >= 11 is 0. The van der Waals surface area contributed by atoms with Crippen LogP contribution < -0.4 is 14.8 Å². The summed E-state index contributed by atoms with van der Waals surface area (Å²) in [4.78, 5) is 23.1. The highest BCUT2D eigenvalue weighted by Gasteiger charge is 2.45. The second-order valence-corrected chi connectivity index (χ2v) is 5.84. The van der Waals surface area contributed by atoms with E-state index < -0.39 is 5.97 Å². The SMILES string of the molecule is COc1ccc(OC)c(C2CC2C(=O)Nc2ccn(CC(=O)O)n2)c1. The van der Waals surface area contributed by atoms with Crippen molar-refractivity contribution < 1.29 is 24.2 Å². The van der Waals surface area contributed by atoms with Crippen LogP contribution in [0.25, 0.3) is 0 Å². The van der Waals surface area contributed by atoms with Crippen molar-refractivity contribution in [3.05, 3.63) is 36.0 Å². The standard InChI is InChI=1S/C17H19N3O5/c1-24-10-3-4-14(25-2)12(7-10)11-8-13(11)17(23)18-15-5-6-20(19-15)9-16(21)22/h3-7,11,13H,8-9H2,1-2H3,(H,21,22)(H,18,19,23). The summed E-state index contributed by atoms with van der Waals surface area (Å²) in [5, 5.41) is 15.5. The second-order valence-electron chi connectivity index (χ2n) is 5.84. The lowest BCUT2D eigenvalue weighted by Crippen LogP contribution is -2.16. The first kappa shape index (κ1) is 16.8. The topological polar surface area (TPSA) is 103 Å². The Morgan fingerprint density at radius 3 is 2.80 bits per heavy atom. The first-order valence-corrected chi connectivity index (χ1v) is 7.80. The van der Waals surface area contributed by atoms with Gasteiger partial charge >= 0.3 is 5.97 Å². The Morgan fingerprint density at radius 1 is 1.32 bits per heavy atom. The number of carboxylic acid groups (broad SMARTS) is 1. The molecule has 1 saturated carbocycles. The fourth-order valence-electron chi connectivity index (χ4n) is 2.83. The number of carbonyl (C=O) groups is 2. The zero-order valence-corrected chi connectivity index (χ0v) is 13.9. The Morgan fingerprint density at radius 2 is 2.12 bits per heavy atom. The van der Waals surface area contributed by atoms with E-state index in [1.54, 1.807) is 20.3 Å². The largest absolute Gasteiger partial charge is 0.497 e. The molecule has 0 radical (unpaired) electrons. The normalized spacial score (nSPS) is 18.5. The Bertz CT molecular complexity index is 801. The first-order chi connectivity index (χ1) is 12.0. The number of nitrogens with one attached hydrogen (secondary N) is 1.